The summed E-state index contributed by atoms with van der Waals surface area (Å²) in [5, 5.41) is 12.8. The molecular weight excluding hydrogens is 766 g/mol. The summed E-state index contributed by atoms with van der Waals surface area (Å²) in [5.74, 6) is 1.54. The number of aromatic nitrogens is 7. The van der Waals surface area contributed by atoms with Crippen LogP contribution in [-0.4, -0.2) is 40.6 Å². The molecule has 0 saturated heterocycles. The fraction of sp³-hybridized carbons (Fsp3) is 0.174. The third-order valence-corrected chi connectivity index (χ3v) is 10.5. The predicted octanol–water partition coefficient (Wildman–Crippen LogP) is 11.1. The van der Waals surface area contributed by atoms with Crippen molar-refractivity contribution in [1.82, 2.24) is 34.9 Å². The van der Waals surface area contributed by atoms with Gasteiger partial charge in [0, 0.05) is 34.9 Å². The maximum absolute atomic E-state index is 10.4. The summed E-state index contributed by atoms with van der Waals surface area (Å²) in [4.78, 5) is 29.1. The molecule has 0 bridgehead atoms. The number of H-pyrrole nitrogens is 2. The van der Waals surface area contributed by atoms with Gasteiger partial charge in [0.25, 0.3) is 0 Å². The van der Waals surface area contributed by atoms with Crippen molar-refractivity contribution in [1.29, 1.82) is 0 Å². The van der Waals surface area contributed by atoms with E-state index in [4.69, 9.17) is 0 Å². The van der Waals surface area contributed by atoms with E-state index in [1.807, 2.05) is 101 Å². The first-order valence-corrected chi connectivity index (χ1v) is 18.0. The van der Waals surface area contributed by atoms with Gasteiger partial charge in [-0.25, -0.2) is 9.97 Å². The molecule has 5 aromatic heterocycles. The van der Waals surface area contributed by atoms with Crippen molar-refractivity contribution in [2.75, 3.05) is 0 Å². The van der Waals surface area contributed by atoms with Gasteiger partial charge in [-0.1, -0.05) is 60.7 Å². The van der Waals surface area contributed by atoms with Crippen molar-refractivity contribution in [3.8, 4) is 11.6 Å². The number of fused-ring (bicyclic) bond motifs is 6. The van der Waals surface area contributed by atoms with Crippen LogP contribution in [0.5, 0.6) is 0 Å². The Bertz CT molecular complexity index is 2650. The average Bonchev–Trinajstić information content (AvgIpc) is 3.81. The summed E-state index contributed by atoms with van der Waals surface area (Å²) in [6.45, 7) is 20.4. The summed E-state index contributed by atoms with van der Waals surface area (Å²) >= 11 is 0. The third-order valence-electron chi connectivity index (χ3n) is 10.5. The van der Waals surface area contributed by atoms with Crippen molar-refractivity contribution in [2.24, 2.45) is 0 Å². The molecule has 1 aliphatic carbocycles. The van der Waals surface area contributed by atoms with Crippen molar-refractivity contribution >= 4 is 55.7 Å². The molecule has 1 aliphatic rings. The first-order valence-electron chi connectivity index (χ1n) is 18.0. The van der Waals surface area contributed by atoms with E-state index in [2.05, 4.69) is 81.3 Å². The van der Waals surface area contributed by atoms with Crippen LogP contribution < -0.4 is 0 Å². The number of benzene rings is 3. The summed E-state index contributed by atoms with van der Waals surface area (Å²) < 4.78 is 0. The fourth-order valence-corrected chi connectivity index (χ4v) is 6.53. The van der Waals surface area contributed by atoms with Crippen LogP contribution in [0.3, 0.4) is 0 Å². The van der Waals surface area contributed by atoms with E-state index in [1.54, 1.807) is 6.20 Å². The predicted molar refractivity (Wildman–Crippen MR) is 225 cm³/mol. The average molecular weight is 809 g/mol. The molecule has 0 saturated carbocycles. The molecule has 2 N–H and O–H groups in total. The summed E-state index contributed by atoms with van der Waals surface area (Å²) in [7, 11) is 0. The van der Waals surface area contributed by atoms with Crippen molar-refractivity contribution in [3.05, 3.63) is 159 Å². The molecule has 0 fully saturated rings. The van der Waals surface area contributed by atoms with Crippen molar-refractivity contribution in [3.63, 3.8) is 0 Å². The Hall–Kier alpha value is -5.92. The SMILES string of the molecule is C=C(C)/C(C)=C1/C=Cc2c(ncc(C)c2C)C1=[N-].Cc1cnc2c(ccc3c(C)c(C)cnc32)c1C.[Ru+].c1ccc2[nH]c(-c3nc4ccccc4[nH]3)nc2c1. The van der Waals surface area contributed by atoms with Crippen LogP contribution in [0.2, 0.25) is 0 Å². The van der Waals surface area contributed by atoms with E-state index < -0.39 is 0 Å². The molecule has 1 radical (unpaired) electrons. The molecule has 0 amide bonds. The molecule has 0 aliphatic heterocycles. The molecule has 8 nitrogen and oxygen atoms in total. The molecule has 0 spiro atoms. The van der Waals surface area contributed by atoms with E-state index in [-0.39, 0.29) is 25.2 Å². The number of nitrogens with one attached hydrogen (secondary N) is 2. The van der Waals surface area contributed by atoms with E-state index in [0.29, 0.717) is 5.69 Å². The van der Waals surface area contributed by atoms with Crippen LogP contribution in [0.1, 0.15) is 58.5 Å². The standard InChI is InChI=1S/C16H16N2.C16H17N2.C14H10N4.Ru/c1-9-7-17-15-13(11(9)3)5-6-14-12(4)10(2)8-18-16(14)15;1-9(2)11(4)13-6-7-14-12(5)10(3)8-18-16(14)15(13)17;1-2-6-10-9(5-1)15-13(16-10)14-17-11-7-3-4-8-12(11)18-14;/h5-8H,1-4H3;6-8H,1H2,2-5H3;1-8H,(H,15,16)(H,17,18);/q;-1;;+1/b;13-11-;;. The largest absolute Gasteiger partial charge is 1.00 e. The molecule has 55 heavy (non-hydrogen) atoms. The number of allylic oxidation sites excluding steroid dienone is 4. The minimum Gasteiger partial charge on any atom is -0.802 e. The van der Waals surface area contributed by atoms with Gasteiger partial charge < -0.3 is 15.4 Å². The van der Waals surface area contributed by atoms with Crippen molar-refractivity contribution in [2.45, 2.75) is 55.4 Å². The normalized spacial score (nSPS) is 12.8. The van der Waals surface area contributed by atoms with Crippen LogP contribution >= 0.6 is 0 Å². The van der Waals surface area contributed by atoms with Gasteiger partial charge in [0.05, 0.1) is 38.8 Å². The number of para-hydroxylation sites is 4. The zero-order valence-corrected chi connectivity index (χ0v) is 34.1. The second-order valence-electron chi connectivity index (χ2n) is 14.0. The molecule has 9 rings (SSSR count). The number of rotatable bonds is 2. The second-order valence-corrected chi connectivity index (χ2v) is 14.0. The Morgan fingerprint density at radius 2 is 1.05 bits per heavy atom. The first kappa shape index (κ1) is 38.8. The van der Waals surface area contributed by atoms with Gasteiger partial charge in [0.2, 0.25) is 0 Å². The molecular formula is C46H43N8Ru. The molecule has 3 aromatic carbocycles. The van der Waals surface area contributed by atoms with E-state index in [9.17, 15) is 5.41 Å². The number of hydrogen-bond donors (Lipinski definition) is 2. The Morgan fingerprint density at radius 1 is 0.600 bits per heavy atom. The fourth-order valence-electron chi connectivity index (χ4n) is 6.53. The number of imidazole rings is 2. The van der Waals surface area contributed by atoms with Gasteiger partial charge in [-0.3, -0.25) is 15.0 Å². The van der Waals surface area contributed by atoms with E-state index >= 15 is 0 Å². The van der Waals surface area contributed by atoms with Gasteiger partial charge in [-0.05, 0) is 124 Å². The second kappa shape index (κ2) is 15.8. The number of aromatic amines is 2. The van der Waals surface area contributed by atoms with Crippen LogP contribution in [0, 0.1) is 41.5 Å². The zero-order valence-electron chi connectivity index (χ0n) is 32.4. The molecule has 8 aromatic rings. The Labute approximate surface area is 334 Å². The van der Waals surface area contributed by atoms with E-state index in [0.717, 1.165) is 78.2 Å². The summed E-state index contributed by atoms with van der Waals surface area (Å²) in [6.07, 6.45) is 9.64. The van der Waals surface area contributed by atoms with Gasteiger partial charge in [0.1, 0.15) is 0 Å². The topological polar surface area (TPSA) is 118 Å². The van der Waals surface area contributed by atoms with Gasteiger partial charge in [-0.15, -0.1) is 5.71 Å². The Kier molecular flexibility index (Phi) is 11.2. The Balaban J connectivity index is 0.000000139. The van der Waals surface area contributed by atoms with Crippen LogP contribution in [0.25, 0.3) is 67.0 Å². The number of hydrogen-bond acceptors (Lipinski definition) is 5. The molecule has 275 valence electrons. The van der Waals surface area contributed by atoms with Crippen LogP contribution in [-0.2, 0) is 19.5 Å². The molecule has 0 atom stereocenters. The quantitative estimate of drug-likeness (QED) is 0.133. The zero-order chi connectivity index (χ0) is 38.3. The molecule has 9 heteroatoms. The molecule has 0 unspecified atom stereocenters. The number of pyridine rings is 3. The summed E-state index contributed by atoms with van der Waals surface area (Å²) in [5.41, 5.74) is 18.0. The maximum atomic E-state index is 10.4. The number of nitrogens with zero attached hydrogens (tertiary/aromatic N) is 6. The van der Waals surface area contributed by atoms with Crippen LogP contribution in [0.15, 0.2) is 109 Å². The Morgan fingerprint density at radius 3 is 1.53 bits per heavy atom. The molecule has 5 heterocycles. The van der Waals surface area contributed by atoms with E-state index in [1.165, 1.54) is 33.0 Å². The summed E-state index contributed by atoms with van der Waals surface area (Å²) in [6, 6.07) is 20.3. The first-order chi connectivity index (χ1) is 25.9. The number of aryl methyl sites for hydroxylation is 5. The maximum Gasteiger partial charge on any atom is 1.00 e. The smallest absolute Gasteiger partial charge is 0.802 e. The monoisotopic (exact) mass is 809 g/mol. The van der Waals surface area contributed by atoms with Gasteiger partial charge >= 0.3 is 19.5 Å². The minimum atomic E-state index is 0. The third kappa shape index (κ3) is 7.45. The van der Waals surface area contributed by atoms with Gasteiger partial charge in [-0.2, -0.15) is 0 Å². The van der Waals surface area contributed by atoms with Gasteiger partial charge in [0.15, 0.2) is 11.6 Å². The van der Waals surface area contributed by atoms with Crippen LogP contribution in [0.4, 0.5) is 0 Å². The van der Waals surface area contributed by atoms with Crippen molar-refractivity contribution < 1.29 is 19.5 Å². The minimum absolute atomic E-state index is 0.